The molecule has 0 saturated heterocycles. The maximum atomic E-state index is 12.5. The molecule has 0 heterocycles. The van der Waals surface area contributed by atoms with Gasteiger partial charge in [-0.15, -0.1) is 0 Å². The smallest absolute Gasteiger partial charge is 0.0977 e. The third-order valence-corrected chi connectivity index (χ3v) is 8.50. The predicted octanol–water partition coefficient (Wildman–Crippen LogP) is 5.86. The molecule has 0 amide bonds. The minimum absolute atomic E-state index is 0.734. The Morgan fingerprint density at radius 2 is 1.25 bits per heavy atom. The normalized spacial score (nSPS) is 11.9. The third-order valence-electron chi connectivity index (χ3n) is 3.06. The van der Waals surface area contributed by atoms with Gasteiger partial charge in [0.05, 0.1) is 12.2 Å². The summed E-state index contributed by atoms with van der Waals surface area (Å²) in [5.74, 6) is 0. The molecule has 98 valence electrons. The Kier molecular flexibility index (Phi) is 11.3. The molecular weight excluding hydrogens is 283 g/mol. The van der Waals surface area contributed by atoms with E-state index in [1.54, 1.807) is 0 Å². The van der Waals surface area contributed by atoms with Crippen molar-refractivity contribution in [1.29, 1.82) is 0 Å². The molecule has 0 aromatic rings. The van der Waals surface area contributed by atoms with Gasteiger partial charge >= 0.3 is 0 Å². The second-order valence-electron chi connectivity index (χ2n) is 4.75. The van der Waals surface area contributed by atoms with Crippen LogP contribution in [0.1, 0.15) is 65.2 Å². The van der Waals surface area contributed by atoms with E-state index in [9.17, 15) is 4.57 Å². The summed E-state index contributed by atoms with van der Waals surface area (Å²) >= 11 is 3.45. The van der Waals surface area contributed by atoms with Crippen LogP contribution < -0.4 is 0 Å². The Morgan fingerprint density at radius 3 is 1.56 bits per heavy atom. The molecule has 0 fully saturated rings. The molecule has 0 saturated carbocycles. The van der Waals surface area contributed by atoms with Gasteiger partial charge in [0.2, 0.25) is 0 Å². The zero-order valence-electron chi connectivity index (χ0n) is 11.0. The van der Waals surface area contributed by atoms with Gasteiger partial charge in [-0.3, -0.25) is 0 Å². The molecular formula is C13H28BrOP. The quantitative estimate of drug-likeness (QED) is 0.265. The average Bonchev–Trinajstić information content (AvgIpc) is 2.31. The molecule has 0 spiro atoms. The number of alkyl halides is 1. The molecule has 0 unspecified atom stereocenters. The van der Waals surface area contributed by atoms with Gasteiger partial charge in [0.15, 0.2) is 0 Å². The molecule has 3 heteroatoms. The van der Waals surface area contributed by atoms with Gasteiger partial charge in [0.1, 0.15) is 0 Å². The first-order valence-corrected chi connectivity index (χ1v) is 10.2. The molecule has 0 radical (unpaired) electrons. The van der Waals surface area contributed by atoms with Crippen LogP contribution in [-0.2, 0) is 4.57 Å². The summed E-state index contributed by atoms with van der Waals surface area (Å²) in [6, 6.07) is 0. The molecule has 1 nitrogen and oxygen atoms in total. The second-order valence-corrected chi connectivity index (χ2v) is 9.50. The van der Waals surface area contributed by atoms with Crippen LogP contribution in [0.25, 0.3) is 0 Å². The van der Waals surface area contributed by atoms with Crippen molar-refractivity contribution in [3.05, 3.63) is 0 Å². The summed E-state index contributed by atoms with van der Waals surface area (Å²) in [5, 5.41) is 0.734. The van der Waals surface area contributed by atoms with E-state index in [0.29, 0.717) is 0 Å². The van der Waals surface area contributed by atoms with E-state index in [1.165, 1.54) is 38.5 Å². The van der Waals surface area contributed by atoms with Gasteiger partial charge in [-0.05, 0) is 12.8 Å². The molecule has 0 atom stereocenters. The fourth-order valence-electron chi connectivity index (χ4n) is 1.88. The van der Waals surface area contributed by atoms with Crippen molar-refractivity contribution in [3.63, 3.8) is 0 Å². The van der Waals surface area contributed by atoms with E-state index in [0.717, 1.165) is 30.2 Å². The maximum absolute atomic E-state index is 12.5. The number of unbranched alkanes of at least 4 members (excludes halogenated alkanes) is 6. The molecule has 0 aliphatic rings. The van der Waals surface area contributed by atoms with Crippen molar-refractivity contribution in [2.45, 2.75) is 65.2 Å². The average molecular weight is 311 g/mol. The summed E-state index contributed by atoms with van der Waals surface area (Å²) in [6.07, 6.45) is 11.8. The number of hydrogen-bond donors (Lipinski definition) is 0. The topological polar surface area (TPSA) is 17.1 Å². The minimum Gasteiger partial charge on any atom is -0.323 e. The minimum atomic E-state index is -1.86. The largest absolute Gasteiger partial charge is 0.323 e. The number of rotatable bonds is 11. The third kappa shape index (κ3) is 8.82. The first-order valence-electron chi connectivity index (χ1n) is 6.81. The van der Waals surface area contributed by atoms with Crippen LogP contribution in [0, 0.1) is 0 Å². The Labute approximate surface area is 110 Å². The van der Waals surface area contributed by atoms with Gasteiger partial charge in [-0.1, -0.05) is 68.3 Å². The predicted molar refractivity (Wildman–Crippen MR) is 79.4 cm³/mol. The lowest BCUT2D eigenvalue weighted by molar-refractivity contribution is 0.569. The van der Waals surface area contributed by atoms with Crippen molar-refractivity contribution in [2.75, 3.05) is 17.4 Å². The molecule has 0 rings (SSSR count). The first kappa shape index (κ1) is 16.7. The standard InChI is InChI=1S/C13H28BrOP/c1-3-5-7-9-11-16(15,13-14)12-10-8-6-4-2/h3-13H2,1-2H3. The maximum Gasteiger partial charge on any atom is 0.0977 e. The van der Waals surface area contributed by atoms with E-state index < -0.39 is 7.14 Å². The lowest BCUT2D eigenvalue weighted by Crippen LogP contribution is -1.97. The van der Waals surface area contributed by atoms with Crippen LogP contribution in [0.4, 0.5) is 0 Å². The molecule has 16 heavy (non-hydrogen) atoms. The van der Waals surface area contributed by atoms with Gasteiger partial charge < -0.3 is 4.57 Å². The summed E-state index contributed by atoms with van der Waals surface area (Å²) in [5.41, 5.74) is 0. The van der Waals surface area contributed by atoms with Crippen molar-refractivity contribution in [3.8, 4) is 0 Å². The van der Waals surface area contributed by atoms with Gasteiger partial charge in [-0.25, -0.2) is 0 Å². The van der Waals surface area contributed by atoms with Gasteiger partial charge in [-0.2, -0.15) is 0 Å². The molecule has 0 aromatic carbocycles. The number of halogens is 1. The van der Waals surface area contributed by atoms with Crippen molar-refractivity contribution >= 4 is 23.1 Å². The zero-order chi connectivity index (χ0) is 12.3. The summed E-state index contributed by atoms with van der Waals surface area (Å²) in [7, 11) is -1.86. The highest BCUT2D eigenvalue weighted by Crippen LogP contribution is 2.49. The fraction of sp³-hybridized carbons (Fsp3) is 1.00. The van der Waals surface area contributed by atoms with Crippen molar-refractivity contribution < 1.29 is 4.57 Å². The van der Waals surface area contributed by atoms with Crippen molar-refractivity contribution in [1.82, 2.24) is 0 Å². The van der Waals surface area contributed by atoms with Crippen LogP contribution in [0.3, 0.4) is 0 Å². The zero-order valence-corrected chi connectivity index (χ0v) is 13.5. The first-order chi connectivity index (χ1) is 7.68. The van der Waals surface area contributed by atoms with E-state index in [1.807, 2.05) is 0 Å². The Bertz CT molecular complexity index is 178. The Hall–Kier alpha value is 0.710. The summed E-state index contributed by atoms with van der Waals surface area (Å²) in [6.45, 7) is 4.43. The molecule has 0 aliphatic carbocycles. The Balaban J connectivity index is 3.69. The Morgan fingerprint density at radius 1 is 0.812 bits per heavy atom. The fourth-order valence-corrected chi connectivity index (χ4v) is 5.45. The number of hydrogen-bond acceptors (Lipinski definition) is 1. The van der Waals surface area contributed by atoms with Crippen LogP contribution in [0.5, 0.6) is 0 Å². The molecule has 0 aromatic heterocycles. The lowest BCUT2D eigenvalue weighted by Gasteiger charge is -2.15. The van der Waals surface area contributed by atoms with Crippen LogP contribution in [0.2, 0.25) is 0 Å². The van der Waals surface area contributed by atoms with E-state index in [-0.39, 0.29) is 0 Å². The molecule has 0 N–H and O–H groups in total. The highest BCUT2D eigenvalue weighted by Gasteiger charge is 2.18. The summed E-state index contributed by atoms with van der Waals surface area (Å²) < 4.78 is 12.5. The molecule has 0 bridgehead atoms. The highest BCUT2D eigenvalue weighted by atomic mass is 79.9. The monoisotopic (exact) mass is 310 g/mol. The van der Waals surface area contributed by atoms with E-state index in [4.69, 9.17) is 0 Å². The lowest BCUT2D eigenvalue weighted by atomic mass is 10.2. The molecule has 0 aliphatic heterocycles. The van der Waals surface area contributed by atoms with Gasteiger partial charge in [0, 0.05) is 12.3 Å². The SMILES string of the molecule is CCCCCCP(=O)(CBr)CCCCCC. The van der Waals surface area contributed by atoms with Crippen LogP contribution in [-0.4, -0.2) is 17.4 Å². The van der Waals surface area contributed by atoms with Crippen molar-refractivity contribution in [2.24, 2.45) is 0 Å². The van der Waals surface area contributed by atoms with Gasteiger partial charge in [0.25, 0.3) is 0 Å². The highest BCUT2D eigenvalue weighted by molar-refractivity contribution is 9.10. The van der Waals surface area contributed by atoms with E-state index in [2.05, 4.69) is 29.8 Å². The second kappa shape index (κ2) is 10.8. The summed E-state index contributed by atoms with van der Waals surface area (Å²) in [4.78, 5) is 0. The van der Waals surface area contributed by atoms with Crippen LogP contribution in [0.15, 0.2) is 0 Å². The van der Waals surface area contributed by atoms with Crippen LogP contribution >= 0.6 is 23.1 Å². The van der Waals surface area contributed by atoms with E-state index >= 15 is 0 Å².